The number of nitrogens with one attached hydrogen (secondary N) is 1. The van der Waals surface area contributed by atoms with Gasteiger partial charge in [-0.15, -0.1) is 0 Å². The number of hydrogen-bond acceptors (Lipinski definition) is 1. The van der Waals surface area contributed by atoms with E-state index in [2.05, 4.69) is 24.1 Å². The van der Waals surface area contributed by atoms with Gasteiger partial charge in [0.2, 0.25) is 5.91 Å². The molecule has 1 aromatic heterocycles. The van der Waals surface area contributed by atoms with E-state index in [0.717, 1.165) is 41.7 Å². The molecule has 0 atom stereocenters. The number of carbonyl (C=O) groups is 1. The summed E-state index contributed by atoms with van der Waals surface area (Å²) in [7, 11) is 0. The molecule has 0 unspecified atom stereocenters. The van der Waals surface area contributed by atoms with Crippen LogP contribution in [0.4, 0.5) is 0 Å². The molecule has 0 saturated heterocycles. The van der Waals surface area contributed by atoms with Crippen LogP contribution in [0.15, 0.2) is 30.5 Å². The van der Waals surface area contributed by atoms with Gasteiger partial charge in [-0.3, -0.25) is 4.79 Å². The highest BCUT2D eigenvalue weighted by Crippen LogP contribution is 2.32. The molecule has 0 spiro atoms. The Morgan fingerprint density at radius 1 is 1.41 bits per heavy atom. The Balaban J connectivity index is 1.78. The molecule has 0 aliphatic carbocycles. The van der Waals surface area contributed by atoms with Crippen LogP contribution in [0.3, 0.4) is 0 Å². The van der Waals surface area contributed by atoms with E-state index in [0.29, 0.717) is 13.0 Å². The lowest BCUT2D eigenvalue weighted by Crippen LogP contribution is -2.34. The molecule has 1 aromatic carbocycles. The fourth-order valence-electron chi connectivity index (χ4n) is 3.01. The Bertz CT molecular complexity index is 717. The van der Waals surface area contributed by atoms with Gasteiger partial charge in [-0.05, 0) is 24.5 Å². The Labute approximate surface area is 136 Å². The molecule has 2 aromatic rings. The molecule has 22 heavy (non-hydrogen) atoms. The number of amides is 1. The van der Waals surface area contributed by atoms with Crippen LogP contribution in [0.2, 0.25) is 5.02 Å². The van der Waals surface area contributed by atoms with Crippen molar-refractivity contribution in [3.63, 3.8) is 0 Å². The van der Waals surface area contributed by atoms with Crippen LogP contribution in [0.5, 0.6) is 0 Å². The quantitative estimate of drug-likeness (QED) is 0.877. The van der Waals surface area contributed by atoms with Gasteiger partial charge in [0.25, 0.3) is 0 Å². The lowest BCUT2D eigenvalue weighted by Gasteiger charge is -2.26. The fraction of sp³-hybridized carbons (Fsp3) is 0.389. The monoisotopic (exact) mass is 316 g/mol. The summed E-state index contributed by atoms with van der Waals surface area (Å²) in [5, 5.41) is 1.90. The van der Waals surface area contributed by atoms with Crippen molar-refractivity contribution in [1.29, 1.82) is 0 Å². The first-order chi connectivity index (χ1) is 10.7. The first-order valence-corrected chi connectivity index (χ1v) is 8.31. The Morgan fingerprint density at radius 2 is 2.27 bits per heavy atom. The first kappa shape index (κ1) is 15.2. The number of nitrogens with zero attached hydrogens (tertiary/aromatic N) is 1. The second kappa shape index (κ2) is 6.57. The number of aromatic nitrogens is 1. The van der Waals surface area contributed by atoms with Gasteiger partial charge in [0.05, 0.1) is 10.5 Å². The lowest BCUT2D eigenvalue weighted by molar-refractivity contribution is -0.130. The maximum atomic E-state index is 12.1. The van der Waals surface area contributed by atoms with E-state index in [9.17, 15) is 4.79 Å². The second-order valence-electron chi connectivity index (χ2n) is 5.79. The van der Waals surface area contributed by atoms with Gasteiger partial charge in [-0.1, -0.05) is 43.2 Å². The van der Waals surface area contributed by atoms with Gasteiger partial charge < -0.3 is 9.88 Å². The molecule has 1 amide bonds. The van der Waals surface area contributed by atoms with Crippen molar-refractivity contribution in [3.8, 4) is 0 Å². The minimum absolute atomic E-state index is 0.277. The highest BCUT2D eigenvalue weighted by atomic mass is 35.5. The van der Waals surface area contributed by atoms with Crippen molar-refractivity contribution in [3.05, 3.63) is 41.1 Å². The number of H-pyrrole nitrogens is 1. The van der Waals surface area contributed by atoms with Gasteiger partial charge in [0.15, 0.2) is 0 Å². The lowest BCUT2D eigenvalue weighted by atomic mass is 9.98. The second-order valence-corrected chi connectivity index (χ2v) is 6.19. The minimum Gasteiger partial charge on any atom is -0.359 e. The van der Waals surface area contributed by atoms with E-state index in [4.69, 9.17) is 11.6 Å². The molecule has 3 nitrogen and oxygen atoms in total. The predicted octanol–water partition coefficient (Wildman–Crippen LogP) is 4.63. The number of benzene rings is 1. The average Bonchev–Trinajstić information content (AvgIpc) is 2.98. The number of carbonyl (C=O) groups excluding carboxylic acids is 1. The zero-order valence-electron chi connectivity index (χ0n) is 12.9. The number of fused-ring (bicyclic) bond motifs is 1. The number of para-hydroxylation sites is 1. The highest BCUT2D eigenvalue weighted by molar-refractivity contribution is 6.35. The third-order valence-corrected chi connectivity index (χ3v) is 4.63. The number of hydrogen-bond donors (Lipinski definition) is 1. The topological polar surface area (TPSA) is 36.1 Å². The average molecular weight is 317 g/mol. The number of unbranched alkanes of at least 4 members (excludes halogenated alkanes) is 1. The van der Waals surface area contributed by atoms with E-state index < -0.39 is 0 Å². The molecule has 2 heterocycles. The van der Waals surface area contributed by atoms with Gasteiger partial charge in [-0.25, -0.2) is 0 Å². The first-order valence-electron chi connectivity index (χ1n) is 7.93. The van der Waals surface area contributed by atoms with Crippen molar-refractivity contribution in [2.24, 2.45) is 0 Å². The van der Waals surface area contributed by atoms with Crippen LogP contribution >= 0.6 is 11.6 Å². The van der Waals surface area contributed by atoms with Crippen LogP contribution < -0.4 is 0 Å². The Hall–Kier alpha value is -1.74. The normalized spacial score (nSPS) is 15.2. The molecule has 0 bridgehead atoms. The van der Waals surface area contributed by atoms with E-state index >= 15 is 0 Å². The molecule has 0 saturated carbocycles. The molecule has 116 valence electrons. The molecule has 1 aliphatic rings. The molecule has 1 N–H and O–H groups in total. The summed E-state index contributed by atoms with van der Waals surface area (Å²) in [6.45, 7) is 3.64. The van der Waals surface area contributed by atoms with Gasteiger partial charge in [0, 0.05) is 36.7 Å². The van der Waals surface area contributed by atoms with E-state index in [-0.39, 0.29) is 5.91 Å². The van der Waals surface area contributed by atoms with Crippen LogP contribution in [-0.2, 0) is 4.79 Å². The van der Waals surface area contributed by atoms with Crippen LogP contribution in [0.25, 0.3) is 16.5 Å². The van der Waals surface area contributed by atoms with Crippen molar-refractivity contribution in [2.45, 2.75) is 32.6 Å². The largest absolute Gasteiger partial charge is 0.359 e. The molecular formula is C18H21ClN2O. The maximum Gasteiger partial charge on any atom is 0.222 e. The zero-order chi connectivity index (χ0) is 15.5. The minimum atomic E-state index is 0.277. The highest BCUT2D eigenvalue weighted by Gasteiger charge is 2.19. The van der Waals surface area contributed by atoms with E-state index in [1.807, 2.05) is 23.2 Å². The van der Waals surface area contributed by atoms with E-state index in [1.54, 1.807) is 0 Å². The summed E-state index contributed by atoms with van der Waals surface area (Å²) in [5.41, 5.74) is 3.49. The van der Waals surface area contributed by atoms with Gasteiger partial charge in [-0.2, -0.15) is 0 Å². The van der Waals surface area contributed by atoms with Crippen molar-refractivity contribution >= 4 is 34.0 Å². The summed E-state index contributed by atoms with van der Waals surface area (Å²) < 4.78 is 0. The Morgan fingerprint density at radius 3 is 3.00 bits per heavy atom. The van der Waals surface area contributed by atoms with Gasteiger partial charge >= 0.3 is 0 Å². The molecule has 1 aliphatic heterocycles. The summed E-state index contributed by atoms with van der Waals surface area (Å²) >= 11 is 6.22. The Kier molecular flexibility index (Phi) is 4.53. The number of rotatable bonds is 4. The number of halogens is 1. The predicted molar refractivity (Wildman–Crippen MR) is 92.0 cm³/mol. The maximum absolute atomic E-state index is 12.1. The number of aromatic amines is 1. The smallest absolute Gasteiger partial charge is 0.222 e. The molecule has 0 fully saturated rings. The summed E-state index contributed by atoms with van der Waals surface area (Å²) in [5.74, 6) is 0.277. The molecular weight excluding hydrogens is 296 g/mol. The summed E-state index contributed by atoms with van der Waals surface area (Å²) in [4.78, 5) is 17.3. The third kappa shape index (κ3) is 2.91. The van der Waals surface area contributed by atoms with Crippen LogP contribution in [0, 0.1) is 0 Å². The summed E-state index contributed by atoms with van der Waals surface area (Å²) in [6, 6.07) is 5.96. The molecule has 4 heteroatoms. The standard InChI is InChI=1S/C18H21ClN2O/c1-2-3-7-17(22)21-10-8-13(9-11-21)15-12-20-18-14(15)5-4-6-16(18)19/h4-6,8,12,20H,2-3,7,9-11H2,1H3. The molecule has 3 rings (SSSR count). The van der Waals surface area contributed by atoms with Crippen molar-refractivity contribution in [1.82, 2.24) is 9.88 Å². The van der Waals surface area contributed by atoms with Gasteiger partial charge in [0.1, 0.15) is 0 Å². The van der Waals surface area contributed by atoms with Crippen LogP contribution in [-0.4, -0.2) is 28.9 Å². The van der Waals surface area contributed by atoms with Crippen molar-refractivity contribution < 1.29 is 4.79 Å². The van der Waals surface area contributed by atoms with Crippen LogP contribution in [0.1, 0.15) is 38.2 Å². The SMILES string of the molecule is CCCCC(=O)N1CC=C(c2c[nH]c3c(Cl)cccc23)CC1. The summed E-state index contributed by atoms with van der Waals surface area (Å²) in [6.07, 6.45) is 7.82. The van der Waals surface area contributed by atoms with Crippen molar-refractivity contribution in [2.75, 3.05) is 13.1 Å². The molecule has 0 radical (unpaired) electrons. The zero-order valence-corrected chi connectivity index (χ0v) is 13.6. The third-order valence-electron chi connectivity index (χ3n) is 4.32. The van der Waals surface area contributed by atoms with E-state index in [1.165, 1.54) is 11.1 Å². The fourth-order valence-corrected chi connectivity index (χ4v) is 3.24.